The standard InChI is InChI=1S/C13H15N3O2/c17-10-4-3-7-16(8-10)13(18)11-9-15-6-2-1-5-12(15)14-11/h1-2,5-6,9-10,17H,3-4,7-8H2. The van der Waals surface area contributed by atoms with Gasteiger partial charge in [0.2, 0.25) is 0 Å². The molecule has 1 fully saturated rings. The number of fused-ring (bicyclic) bond motifs is 1. The molecule has 2 aromatic rings. The van der Waals surface area contributed by atoms with E-state index in [9.17, 15) is 9.90 Å². The van der Waals surface area contributed by atoms with Gasteiger partial charge in [0.15, 0.2) is 0 Å². The third-order valence-electron chi connectivity index (χ3n) is 3.27. The molecule has 0 aliphatic carbocycles. The summed E-state index contributed by atoms with van der Waals surface area (Å²) in [5.74, 6) is -0.0996. The van der Waals surface area contributed by atoms with Crippen LogP contribution in [0.25, 0.3) is 5.65 Å². The average molecular weight is 245 g/mol. The van der Waals surface area contributed by atoms with E-state index < -0.39 is 6.10 Å². The molecule has 0 saturated carbocycles. The van der Waals surface area contributed by atoms with Crippen molar-refractivity contribution in [2.24, 2.45) is 0 Å². The van der Waals surface area contributed by atoms with E-state index in [1.54, 1.807) is 11.1 Å². The summed E-state index contributed by atoms with van der Waals surface area (Å²) in [4.78, 5) is 18.2. The summed E-state index contributed by atoms with van der Waals surface area (Å²) in [5.41, 5.74) is 1.20. The predicted octanol–water partition coefficient (Wildman–Crippen LogP) is 0.931. The van der Waals surface area contributed by atoms with Gasteiger partial charge in [-0.05, 0) is 25.0 Å². The van der Waals surface area contributed by atoms with E-state index in [0.717, 1.165) is 18.5 Å². The number of piperidine rings is 1. The first-order valence-corrected chi connectivity index (χ1v) is 6.15. The lowest BCUT2D eigenvalue weighted by Crippen LogP contribution is -2.42. The quantitative estimate of drug-likeness (QED) is 0.813. The Balaban J connectivity index is 1.87. The van der Waals surface area contributed by atoms with Crippen LogP contribution in [-0.2, 0) is 0 Å². The molecule has 1 saturated heterocycles. The summed E-state index contributed by atoms with van der Waals surface area (Å²) in [7, 11) is 0. The molecule has 5 nitrogen and oxygen atoms in total. The average Bonchev–Trinajstić information content (AvgIpc) is 2.81. The molecule has 0 spiro atoms. The Morgan fingerprint density at radius 2 is 2.33 bits per heavy atom. The van der Waals surface area contributed by atoms with Crippen LogP contribution >= 0.6 is 0 Å². The molecule has 3 rings (SSSR count). The second kappa shape index (κ2) is 4.42. The molecular formula is C13H15N3O2. The van der Waals surface area contributed by atoms with E-state index in [0.29, 0.717) is 18.8 Å². The Kier molecular flexibility index (Phi) is 2.76. The minimum Gasteiger partial charge on any atom is -0.391 e. The van der Waals surface area contributed by atoms with Crippen molar-refractivity contribution in [2.75, 3.05) is 13.1 Å². The number of hydrogen-bond acceptors (Lipinski definition) is 3. The van der Waals surface area contributed by atoms with Gasteiger partial charge >= 0.3 is 0 Å². The lowest BCUT2D eigenvalue weighted by Gasteiger charge is -2.29. The molecule has 18 heavy (non-hydrogen) atoms. The number of nitrogens with zero attached hydrogens (tertiary/aromatic N) is 3. The number of carbonyl (C=O) groups excluding carboxylic acids is 1. The summed E-state index contributed by atoms with van der Waals surface area (Å²) in [6.07, 6.45) is 4.82. The van der Waals surface area contributed by atoms with E-state index >= 15 is 0 Å². The second-order valence-electron chi connectivity index (χ2n) is 4.64. The smallest absolute Gasteiger partial charge is 0.274 e. The number of rotatable bonds is 1. The van der Waals surface area contributed by atoms with Crippen molar-refractivity contribution < 1.29 is 9.90 Å². The fourth-order valence-electron chi connectivity index (χ4n) is 2.34. The maximum absolute atomic E-state index is 12.3. The molecule has 2 aromatic heterocycles. The number of aromatic nitrogens is 2. The number of β-amino-alcohol motifs (C(OH)–C–C–N with tert-alkyl or cyclic N) is 1. The van der Waals surface area contributed by atoms with Gasteiger partial charge in [0.1, 0.15) is 11.3 Å². The highest BCUT2D eigenvalue weighted by atomic mass is 16.3. The van der Waals surface area contributed by atoms with Crippen LogP contribution in [0.3, 0.4) is 0 Å². The highest BCUT2D eigenvalue weighted by molar-refractivity contribution is 5.93. The van der Waals surface area contributed by atoms with Gasteiger partial charge in [-0.15, -0.1) is 0 Å². The van der Waals surface area contributed by atoms with Crippen molar-refractivity contribution in [1.82, 2.24) is 14.3 Å². The molecule has 94 valence electrons. The normalized spacial score (nSPS) is 20.3. The fourth-order valence-corrected chi connectivity index (χ4v) is 2.34. The number of imidazole rings is 1. The molecule has 1 amide bonds. The van der Waals surface area contributed by atoms with E-state index in [2.05, 4.69) is 4.98 Å². The number of aliphatic hydroxyl groups is 1. The van der Waals surface area contributed by atoms with Crippen LogP contribution in [0.5, 0.6) is 0 Å². The van der Waals surface area contributed by atoms with E-state index in [-0.39, 0.29) is 5.91 Å². The fraction of sp³-hybridized carbons (Fsp3) is 0.385. The summed E-state index contributed by atoms with van der Waals surface area (Å²) >= 11 is 0. The zero-order chi connectivity index (χ0) is 12.5. The lowest BCUT2D eigenvalue weighted by molar-refractivity contribution is 0.0469. The zero-order valence-electron chi connectivity index (χ0n) is 9.99. The van der Waals surface area contributed by atoms with Gasteiger partial charge in [0.25, 0.3) is 5.91 Å². The Bertz CT molecular complexity index is 545. The number of hydrogen-bond donors (Lipinski definition) is 1. The molecule has 1 N–H and O–H groups in total. The number of likely N-dealkylation sites (tertiary alicyclic amines) is 1. The Hall–Kier alpha value is -1.88. The van der Waals surface area contributed by atoms with E-state index in [4.69, 9.17) is 0 Å². The second-order valence-corrected chi connectivity index (χ2v) is 4.64. The first-order valence-electron chi connectivity index (χ1n) is 6.15. The Labute approximate surface area is 105 Å². The predicted molar refractivity (Wildman–Crippen MR) is 66.3 cm³/mol. The number of amides is 1. The molecule has 1 unspecified atom stereocenters. The van der Waals surface area contributed by atoms with Crippen molar-refractivity contribution in [3.8, 4) is 0 Å². The molecule has 1 aliphatic rings. The molecule has 5 heteroatoms. The highest BCUT2D eigenvalue weighted by Gasteiger charge is 2.24. The van der Waals surface area contributed by atoms with Gasteiger partial charge in [-0.1, -0.05) is 6.07 Å². The minimum atomic E-state index is -0.403. The zero-order valence-corrected chi connectivity index (χ0v) is 9.99. The number of aliphatic hydroxyl groups excluding tert-OH is 1. The summed E-state index contributed by atoms with van der Waals surface area (Å²) in [5, 5.41) is 9.60. The van der Waals surface area contributed by atoms with Crippen LogP contribution in [0.4, 0.5) is 0 Å². The van der Waals surface area contributed by atoms with Crippen molar-refractivity contribution >= 4 is 11.6 Å². The minimum absolute atomic E-state index is 0.0996. The van der Waals surface area contributed by atoms with Crippen molar-refractivity contribution in [1.29, 1.82) is 0 Å². The van der Waals surface area contributed by atoms with E-state index in [1.807, 2.05) is 28.8 Å². The molecule has 3 heterocycles. The highest BCUT2D eigenvalue weighted by Crippen LogP contribution is 2.14. The largest absolute Gasteiger partial charge is 0.391 e. The maximum Gasteiger partial charge on any atom is 0.274 e. The molecule has 0 aromatic carbocycles. The van der Waals surface area contributed by atoms with Gasteiger partial charge in [-0.2, -0.15) is 0 Å². The number of carbonyl (C=O) groups is 1. The molecule has 0 bridgehead atoms. The van der Waals surface area contributed by atoms with Crippen molar-refractivity contribution in [2.45, 2.75) is 18.9 Å². The van der Waals surface area contributed by atoms with Crippen LogP contribution in [0.15, 0.2) is 30.6 Å². The third-order valence-corrected chi connectivity index (χ3v) is 3.27. The van der Waals surface area contributed by atoms with E-state index in [1.165, 1.54) is 0 Å². The van der Waals surface area contributed by atoms with Crippen LogP contribution < -0.4 is 0 Å². The topological polar surface area (TPSA) is 57.8 Å². The first-order chi connectivity index (χ1) is 8.74. The third kappa shape index (κ3) is 1.97. The van der Waals surface area contributed by atoms with Crippen LogP contribution in [0.1, 0.15) is 23.3 Å². The van der Waals surface area contributed by atoms with Crippen LogP contribution in [-0.4, -0.2) is 44.5 Å². The summed E-state index contributed by atoms with van der Waals surface area (Å²) < 4.78 is 1.83. The van der Waals surface area contributed by atoms with Gasteiger partial charge in [-0.25, -0.2) is 4.98 Å². The van der Waals surface area contributed by atoms with Crippen LogP contribution in [0.2, 0.25) is 0 Å². The molecule has 1 aliphatic heterocycles. The van der Waals surface area contributed by atoms with Crippen LogP contribution in [0, 0.1) is 0 Å². The number of pyridine rings is 1. The van der Waals surface area contributed by atoms with Crippen molar-refractivity contribution in [3.05, 3.63) is 36.3 Å². The Morgan fingerprint density at radius 1 is 1.44 bits per heavy atom. The first kappa shape index (κ1) is 11.2. The summed E-state index contributed by atoms with van der Waals surface area (Å²) in [6, 6.07) is 5.65. The lowest BCUT2D eigenvalue weighted by atomic mass is 10.1. The maximum atomic E-state index is 12.3. The molecule has 0 radical (unpaired) electrons. The molecular weight excluding hydrogens is 230 g/mol. The monoisotopic (exact) mass is 245 g/mol. The molecule has 1 atom stereocenters. The summed E-state index contributed by atoms with van der Waals surface area (Å²) in [6.45, 7) is 1.11. The van der Waals surface area contributed by atoms with Crippen molar-refractivity contribution in [3.63, 3.8) is 0 Å². The van der Waals surface area contributed by atoms with Gasteiger partial charge in [-0.3, -0.25) is 4.79 Å². The van der Waals surface area contributed by atoms with Gasteiger partial charge < -0.3 is 14.4 Å². The Morgan fingerprint density at radius 3 is 3.11 bits per heavy atom. The SMILES string of the molecule is O=C(c1cn2ccccc2n1)N1CCCC(O)C1. The van der Waals surface area contributed by atoms with Gasteiger partial charge in [0, 0.05) is 25.5 Å². The van der Waals surface area contributed by atoms with Gasteiger partial charge in [0.05, 0.1) is 6.10 Å².